The quantitative estimate of drug-likeness (QED) is 0.717. The standard InChI is InChI=1S/C8H10N4O3/c13-8(14)7-4-6-5-11(10-15)2-1-3-12(6)9-7/h4H,1-3,5H2,(H,13,14). The van der Waals surface area contributed by atoms with Crippen LogP contribution in [-0.4, -0.2) is 32.4 Å². The molecule has 0 saturated heterocycles. The van der Waals surface area contributed by atoms with Crippen LogP contribution in [0.3, 0.4) is 0 Å². The van der Waals surface area contributed by atoms with Gasteiger partial charge in [-0.1, -0.05) is 0 Å². The Hall–Kier alpha value is -1.92. The first-order chi connectivity index (χ1) is 7.20. The van der Waals surface area contributed by atoms with E-state index in [0.29, 0.717) is 25.3 Å². The van der Waals surface area contributed by atoms with Crippen LogP contribution in [0.25, 0.3) is 0 Å². The predicted molar refractivity (Wildman–Crippen MR) is 50.0 cm³/mol. The van der Waals surface area contributed by atoms with Crippen molar-refractivity contribution in [3.05, 3.63) is 22.4 Å². The molecule has 1 N–H and O–H groups in total. The van der Waals surface area contributed by atoms with E-state index in [1.165, 1.54) is 11.1 Å². The Morgan fingerprint density at radius 2 is 2.33 bits per heavy atom. The first kappa shape index (κ1) is 9.63. The van der Waals surface area contributed by atoms with Gasteiger partial charge < -0.3 is 5.11 Å². The molecule has 1 aromatic heterocycles. The van der Waals surface area contributed by atoms with Gasteiger partial charge in [0.1, 0.15) is 0 Å². The first-order valence-corrected chi connectivity index (χ1v) is 4.59. The SMILES string of the molecule is O=NN1CCCn2nc(C(=O)O)cc2C1. The van der Waals surface area contributed by atoms with E-state index in [1.807, 2.05) is 0 Å². The molecule has 0 unspecified atom stereocenters. The van der Waals surface area contributed by atoms with Gasteiger partial charge in [-0.3, -0.25) is 9.69 Å². The lowest BCUT2D eigenvalue weighted by atomic mass is 10.3. The molecule has 0 amide bonds. The minimum atomic E-state index is -1.05. The zero-order valence-electron chi connectivity index (χ0n) is 7.96. The molecule has 0 spiro atoms. The Morgan fingerprint density at radius 1 is 1.53 bits per heavy atom. The van der Waals surface area contributed by atoms with Crippen LogP contribution in [0.1, 0.15) is 22.6 Å². The maximum Gasteiger partial charge on any atom is 0.356 e. The van der Waals surface area contributed by atoms with E-state index >= 15 is 0 Å². The maximum atomic E-state index is 10.7. The van der Waals surface area contributed by atoms with Crippen molar-refractivity contribution in [3.63, 3.8) is 0 Å². The molecule has 0 radical (unpaired) electrons. The highest BCUT2D eigenvalue weighted by Gasteiger charge is 2.18. The summed E-state index contributed by atoms with van der Waals surface area (Å²) in [6.07, 6.45) is 0.736. The molecule has 15 heavy (non-hydrogen) atoms. The molecule has 0 aromatic carbocycles. The van der Waals surface area contributed by atoms with Gasteiger partial charge in [0, 0.05) is 13.1 Å². The lowest BCUT2D eigenvalue weighted by molar-refractivity contribution is 0.0689. The van der Waals surface area contributed by atoms with Crippen LogP contribution in [-0.2, 0) is 13.1 Å². The van der Waals surface area contributed by atoms with Crippen LogP contribution in [0.4, 0.5) is 0 Å². The summed E-state index contributed by atoms with van der Waals surface area (Å²) < 4.78 is 1.62. The second-order valence-electron chi connectivity index (χ2n) is 3.37. The smallest absolute Gasteiger partial charge is 0.356 e. The highest BCUT2D eigenvalue weighted by atomic mass is 16.4. The molecule has 0 fully saturated rings. The average molecular weight is 210 g/mol. The lowest BCUT2D eigenvalue weighted by Crippen LogP contribution is -2.15. The first-order valence-electron chi connectivity index (χ1n) is 4.59. The summed E-state index contributed by atoms with van der Waals surface area (Å²) in [4.78, 5) is 21.1. The lowest BCUT2D eigenvalue weighted by Gasteiger charge is -2.09. The number of carbonyl (C=O) groups is 1. The molecule has 80 valence electrons. The number of hydrogen-bond acceptors (Lipinski definition) is 4. The number of nitroso groups, excluding NO2 is 1. The molecule has 7 heteroatoms. The van der Waals surface area contributed by atoms with Gasteiger partial charge in [-0.2, -0.15) is 5.10 Å². The molecule has 0 saturated carbocycles. The van der Waals surface area contributed by atoms with Gasteiger partial charge in [0.15, 0.2) is 5.69 Å². The average Bonchev–Trinajstić information content (AvgIpc) is 2.51. The number of carboxylic acids is 1. The van der Waals surface area contributed by atoms with Gasteiger partial charge in [-0.05, 0) is 12.5 Å². The summed E-state index contributed by atoms with van der Waals surface area (Å²) in [7, 11) is 0. The topological polar surface area (TPSA) is 87.8 Å². The monoisotopic (exact) mass is 210 g/mol. The Labute approximate surface area is 85.2 Å². The molecule has 2 rings (SSSR count). The number of aryl methyl sites for hydroxylation is 1. The van der Waals surface area contributed by atoms with Gasteiger partial charge >= 0.3 is 5.97 Å². The van der Waals surface area contributed by atoms with E-state index in [4.69, 9.17) is 5.11 Å². The Morgan fingerprint density at radius 3 is 3.00 bits per heavy atom. The molecule has 1 aliphatic rings. The van der Waals surface area contributed by atoms with Gasteiger partial charge in [0.2, 0.25) is 0 Å². The second-order valence-corrected chi connectivity index (χ2v) is 3.37. The molecule has 0 atom stereocenters. The molecule has 0 bridgehead atoms. The van der Waals surface area contributed by atoms with Crippen LogP contribution in [0.5, 0.6) is 0 Å². The summed E-state index contributed by atoms with van der Waals surface area (Å²) >= 11 is 0. The summed E-state index contributed by atoms with van der Waals surface area (Å²) in [5.41, 5.74) is 0.724. The number of aromatic carboxylic acids is 1. The third kappa shape index (κ3) is 1.80. The van der Waals surface area contributed by atoms with Crippen LogP contribution < -0.4 is 0 Å². The van der Waals surface area contributed by atoms with Crippen LogP contribution in [0.2, 0.25) is 0 Å². The minimum absolute atomic E-state index is 0.0118. The van der Waals surface area contributed by atoms with E-state index in [-0.39, 0.29) is 5.69 Å². The Bertz CT molecular complexity index is 401. The third-order valence-corrected chi connectivity index (χ3v) is 2.33. The van der Waals surface area contributed by atoms with Crippen molar-refractivity contribution >= 4 is 5.97 Å². The van der Waals surface area contributed by atoms with E-state index in [2.05, 4.69) is 10.4 Å². The van der Waals surface area contributed by atoms with Gasteiger partial charge in [0.25, 0.3) is 0 Å². The molecule has 0 aliphatic carbocycles. The zero-order chi connectivity index (χ0) is 10.8. The number of nitrogens with zero attached hydrogens (tertiary/aromatic N) is 4. The Balaban J connectivity index is 2.30. The number of rotatable bonds is 2. The largest absolute Gasteiger partial charge is 0.476 e. The number of aromatic nitrogens is 2. The number of carboxylic acid groups (broad SMARTS) is 1. The van der Waals surface area contributed by atoms with E-state index in [0.717, 1.165) is 6.42 Å². The predicted octanol–water partition coefficient (Wildman–Crippen LogP) is 0.468. The van der Waals surface area contributed by atoms with Crippen LogP contribution in [0, 0.1) is 4.91 Å². The fourth-order valence-electron chi connectivity index (χ4n) is 1.62. The Kier molecular flexibility index (Phi) is 2.36. The van der Waals surface area contributed by atoms with Crippen molar-refractivity contribution in [2.75, 3.05) is 6.54 Å². The fraction of sp³-hybridized carbons (Fsp3) is 0.500. The maximum absolute atomic E-state index is 10.7. The van der Waals surface area contributed by atoms with Crippen molar-refractivity contribution in [1.82, 2.24) is 14.8 Å². The van der Waals surface area contributed by atoms with E-state index in [1.54, 1.807) is 4.68 Å². The number of fused-ring (bicyclic) bond motifs is 1. The summed E-state index contributed by atoms with van der Waals surface area (Å²) in [6, 6.07) is 1.48. The summed E-state index contributed by atoms with van der Waals surface area (Å²) in [6.45, 7) is 1.52. The summed E-state index contributed by atoms with van der Waals surface area (Å²) in [5.74, 6) is -1.05. The van der Waals surface area contributed by atoms with Gasteiger partial charge in [-0.15, -0.1) is 4.91 Å². The minimum Gasteiger partial charge on any atom is -0.476 e. The molecule has 2 heterocycles. The van der Waals surface area contributed by atoms with Crippen molar-refractivity contribution in [1.29, 1.82) is 0 Å². The van der Waals surface area contributed by atoms with Crippen LogP contribution >= 0.6 is 0 Å². The van der Waals surface area contributed by atoms with Crippen molar-refractivity contribution in [2.45, 2.75) is 19.5 Å². The van der Waals surface area contributed by atoms with Crippen molar-refractivity contribution < 1.29 is 9.90 Å². The second kappa shape index (κ2) is 3.68. The van der Waals surface area contributed by atoms with Gasteiger partial charge in [0.05, 0.1) is 17.5 Å². The van der Waals surface area contributed by atoms with E-state index in [9.17, 15) is 9.70 Å². The van der Waals surface area contributed by atoms with Crippen molar-refractivity contribution in [2.24, 2.45) is 5.29 Å². The molecule has 1 aliphatic heterocycles. The highest BCUT2D eigenvalue weighted by Crippen LogP contribution is 2.13. The molecule has 1 aromatic rings. The third-order valence-electron chi connectivity index (χ3n) is 2.33. The zero-order valence-corrected chi connectivity index (χ0v) is 7.96. The fourth-order valence-corrected chi connectivity index (χ4v) is 1.62. The molecular weight excluding hydrogens is 200 g/mol. The van der Waals surface area contributed by atoms with Gasteiger partial charge in [-0.25, -0.2) is 4.79 Å². The normalized spacial score (nSPS) is 15.6. The summed E-state index contributed by atoms with van der Waals surface area (Å²) in [5, 5.41) is 16.9. The van der Waals surface area contributed by atoms with Crippen LogP contribution in [0.15, 0.2) is 11.4 Å². The molecule has 7 nitrogen and oxygen atoms in total. The highest BCUT2D eigenvalue weighted by molar-refractivity contribution is 5.85. The van der Waals surface area contributed by atoms with E-state index < -0.39 is 5.97 Å². The molecular formula is C8H10N4O3. The van der Waals surface area contributed by atoms with Crippen molar-refractivity contribution in [3.8, 4) is 0 Å². The number of hydrogen-bond donors (Lipinski definition) is 1.